The molecule has 1 saturated heterocycles. The molecule has 2 heteroatoms. The molecule has 2 fully saturated rings. The zero-order chi connectivity index (χ0) is 8.93. The van der Waals surface area contributed by atoms with Crippen molar-refractivity contribution in [2.45, 2.75) is 44.5 Å². The van der Waals surface area contributed by atoms with Gasteiger partial charge in [0.25, 0.3) is 0 Å². The first-order chi connectivity index (χ1) is 5.54. The molecule has 1 N–H and O–H groups in total. The summed E-state index contributed by atoms with van der Waals surface area (Å²) in [5.41, 5.74) is 0.956. The predicted molar refractivity (Wildman–Crippen MR) is 46.8 cm³/mol. The smallest absolute Gasteiger partial charge is 0.118 e. The minimum Gasteiger partial charge on any atom is -0.390 e. The van der Waals surface area contributed by atoms with Crippen molar-refractivity contribution in [2.75, 3.05) is 0 Å². The van der Waals surface area contributed by atoms with Crippen molar-refractivity contribution in [2.24, 2.45) is 5.92 Å². The standard InChI is InChI=1S/C10H16O2/c1-6(2)7-4-8(11)10(3)9(5-7)12-10/h7-9,11H,1,4-5H2,2-3H3/t7-,8?,9-,10-/m0/s1. The van der Waals surface area contributed by atoms with Crippen molar-refractivity contribution >= 4 is 0 Å². The Bertz CT molecular complexity index is 224. The second-order valence-corrected chi connectivity index (χ2v) is 4.32. The highest BCUT2D eigenvalue weighted by Gasteiger charge is 2.60. The number of aliphatic hydroxyl groups excluding tert-OH is 1. The van der Waals surface area contributed by atoms with E-state index in [9.17, 15) is 5.11 Å². The molecule has 2 aliphatic rings. The van der Waals surface area contributed by atoms with Crippen LogP contribution in [0.3, 0.4) is 0 Å². The van der Waals surface area contributed by atoms with E-state index in [1.54, 1.807) is 0 Å². The number of allylic oxidation sites excluding steroid dienone is 1. The lowest BCUT2D eigenvalue weighted by Crippen LogP contribution is -2.36. The van der Waals surface area contributed by atoms with Gasteiger partial charge in [0.2, 0.25) is 0 Å². The van der Waals surface area contributed by atoms with Gasteiger partial charge in [-0.05, 0) is 32.6 Å². The van der Waals surface area contributed by atoms with E-state index < -0.39 is 0 Å². The van der Waals surface area contributed by atoms with Crippen LogP contribution in [0.25, 0.3) is 0 Å². The van der Waals surface area contributed by atoms with Gasteiger partial charge < -0.3 is 9.84 Å². The fourth-order valence-electron chi connectivity index (χ4n) is 2.11. The van der Waals surface area contributed by atoms with Gasteiger partial charge in [-0.1, -0.05) is 12.2 Å². The van der Waals surface area contributed by atoms with Gasteiger partial charge in [-0.2, -0.15) is 0 Å². The lowest BCUT2D eigenvalue weighted by atomic mass is 9.78. The van der Waals surface area contributed by atoms with Gasteiger partial charge in [-0.25, -0.2) is 0 Å². The summed E-state index contributed by atoms with van der Waals surface area (Å²) < 4.78 is 5.47. The molecule has 12 heavy (non-hydrogen) atoms. The average Bonchev–Trinajstić information content (AvgIpc) is 2.62. The molecule has 0 aromatic carbocycles. The number of aliphatic hydroxyl groups is 1. The second kappa shape index (κ2) is 2.33. The van der Waals surface area contributed by atoms with Gasteiger partial charge in [0.15, 0.2) is 0 Å². The van der Waals surface area contributed by atoms with Crippen LogP contribution in [0.2, 0.25) is 0 Å². The Kier molecular flexibility index (Phi) is 1.61. The summed E-state index contributed by atoms with van der Waals surface area (Å²) in [7, 11) is 0. The quantitative estimate of drug-likeness (QED) is 0.475. The highest BCUT2D eigenvalue weighted by Crippen LogP contribution is 2.50. The Balaban J connectivity index is 2.06. The molecule has 4 atom stereocenters. The van der Waals surface area contributed by atoms with E-state index >= 15 is 0 Å². The zero-order valence-corrected chi connectivity index (χ0v) is 7.71. The van der Waals surface area contributed by atoms with Crippen molar-refractivity contribution < 1.29 is 9.84 Å². The summed E-state index contributed by atoms with van der Waals surface area (Å²) in [6.45, 7) is 7.95. The third-order valence-corrected chi connectivity index (χ3v) is 3.34. The van der Waals surface area contributed by atoms with E-state index in [0.717, 1.165) is 12.8 Å². The van der Waals surface area contributed by atoms with Crippen LogP contribution >= 0.6 is 0 Å². The van der Waals surface area contributed by atoms with E-state index in [-0.39, 0.29) is 17.8 Å². The van der Waals surface area contributed by atoms with E-state index in [4.69, 9.17) is 4.74 Å². The molecule has 1 unspecified atom stereocenters. The van der Waals surface area contributed by atoms with Crippen LogP contribution in [-0.4, -0.2) is 22.9 Å². The second-order valence-electron chi connectivity index (χ2n) is 4.32. The van der Waals surface area contributed by atoms with Crippen molar-refractivity contribution in [1.82, 2.24) is 0 Å². The van der Waals surface area contributed by atoms with Crippen molar-refractivity contribution in [3.05, 3.63) is 12.2 Å². The third-order valence-electron chi connectivity index (χ3n) is 3.34. The molecule has 0 amide bonds. The number of hydrogen-bond donors (Lipinski definition) is 1. The summed E-state index contributed by atoms with van der Waals surface area (Å²) in [6, 6.07) is 0. The van der Waals surface area contributed by atoms with Crippen LogP contribution in [0.1, 0.15) is 26.7 Å². The largest absolute Gasteiger partial charge is 0.390 e. The van der Waals surface area contributed by atoms with Crippen LogP contribution in [-0.2, 0) is 4.74 Å². The summed E-state index contributed by atoms with van der Waals surface area (Å²) in [5, 5.41) is 9.73. The molecular formula is C10H16O2. The van der Waals surface area contributed by atoms with Gasteiger partial charge in [0.05, 0.1) is 12.2 Å². The van der Waals surface area contributed by atoms with E-state index in [1.165, 1.54) is 5.57 Å². The first-order valence-electron chi connectivity index (χ1n) is 4.55. The van der Waals surface area contributed by atoms with Gasteiger partial charge in [0.1, 0.15) is 5.60 Å². The highest BCUT2D eigenvalue weighted by molar-refractivity contribution is 5.14. The first kappa shape index (κ1) is 8.27. The third kappa shape index (κ3) is 1.02. The Morgan fingerprint density at radius 1 is 1.58 bits per heavy atom. The molecular weight excluding hydrogens is 152 g/mol. The molecule has 2 rings (SSSR count). The van der Waals surface area contributed by atoms with Crippen LogP contribution < -0.4 is 0 Å². The van der Waals surface area contributed by atoms with Gasteiger partial charge >= 0.3 is 0 Å². The van der Waals surface area contributed by atoms with Gasteiger partial charge in [-0.3, -0.25) is 0 Å². The molecule has 68 valence electrons. The predicted octanol–water partition coefficient (Wildman–Crippen LogP) is 1.49. The van der Waals surface area contributed by atoms with Crippen molar-refractivity contribution in [3.63, 3.8) is 0 Å². The maximum absolute atomic E-state index is 9.73. The van der Waals surface area contributed by atoms with Crippen LogP contribution in [0.15, 0.2) is 12.2 Å². The van der Waals surface area contributed by atoms with Gasteiger partial charge in [0, 0.05) is 0 Å². The molecule has 0 radical (unpaired) electrons. The number of fused-ring (bicyclic) bond motifs is 1. The highest BCUT2D eigenvalue weighted by atomic mass is 16.6. The first-order valence-corrected chi connectivity index (χ1v) is 4.55. The molecule has 0 bridgehead atoms. The fourth-order valence-corrected chi connectivity index (χ4v) is 2.11. The normalized spacial score (nSPS) is 51.4. The minimum atomic E-state index is -0.294. The monoisotopic (exact) mass is 168 g/mol. The van der Waals surface area contributed by atoms with E-state index in [0.29, 0.717) is 5.92 Å². The van der Waals surface area contributed by atoms with Crippen LogP contribution in [0.5, 0.6) is 0 Å². The van der Waals surface area contributed by atoms with Crippen molar-refractivity contribution in [1.29, 1.82) is 0 Å². The summed E-state index contributed by atoms with van der Waals surface area (Å²) in [6.07, 6.45) is 1.85. The van der Waals surface area contributed by atoms with E-state index in [1.807, 2.05) is 13.8 Å². The molecule has 0 aromatic rings. The fraction of sp³-hybridized carbons (Fsp3) is 0.800. The maximum atomic E-state index is 9.73. The summed E-state index contributed by atoms with van der Waals surface area (Å²) >= 11 is 0. The zero-order valence-electron chi connectivity index (χ0n) is 7.71. The Morgan fingerprint density at radius 2 is 2.25 bits per heavy atom. The number of epoxide rings is 1. The number of ether oxygens (including phenoxy) is 1. The Hall–Kier alpha value is -0.340. The molecule has 0 aromatic heterocycles. The molecule has 1 aliphatic carbocycles. The molecule has 0 spiro atoms. The molecule has 1 heterocycles. The lowest BCUT2D eigenvalue weighted by Gasteiger charge is -2.27. The Morgan fingerprint density at radius 3 is 2.75 bits per heavy atom. The SMILES string of the molecule is C=C(C)[C@H]1CC(O)[C@]2(C)O[C@H]2C1. The lowest BCUT2D eigenvalue weighted by molar-refractivity contribution is 0.0641. The summed E-state index contributed by atoms with van der Waals surface area (Å²) in [5.74, 6) is 0.459. The number of hydrogen-bond acceptors (Lipinski definition) is 2. The average molecular weight is 168 g/mol. The summed E-state index contributed by atoms with van der Waals surface area (Å²) in [4.78, 5) is 0. The minimum absolute atomic E-state index is 0.216. The maximum Gasteiger partial charge on any atom is 0.118 e. The van der Waals surface area contributed by atoms with Crippen LogP contribution in [0.4, 0.5) is 0 Å². The van der Waals surface area contributed by atoms with Gasteiger partial charge in [-0.15, -0.1) is 0 Å². The van der Waals surface area contributed by atoms with E-state index in [2.05, 4.69) is 6.58 Å². The number of rotatable bonds is 1. The van der Waals surface area contributed by atoms with Crippen LogP contribution in [0, 0.1) is 5.92 Å². The molecule has 1 saturated carbocycles. The topological polar surface area (TPSA) is 32.8 Å². The Labute approximate surface area is 73.2 Å². The molecule has 1 aliphatic heterocycles. The molecule has 2 nitrogen and oxygen atoms in total. The van der Waals surface area contributed by atoms with Crippen molar-refractivity contribution in [3.8, 4) is 0 Å².